The summed E-state index contributed by atoms with van der Waals surface area (Å²) in [7, 11) is -3.89. The fourth-order valence-corrected chi connectivity index (χ4v) is 5.61. The molecule has 4 rings (SSSR count). The molecule has 1 aliphatic heterocycles. The number of aryl methyl sites for hydroxylation is 2. The lowest BCUT2D eigenvalue weighted by molar-refractivity contribution is -0.122. The number of carbonyl (C=O) groups is 2. The molecule has 8 heteroatoms. The third-order valence-corrected chi connectivity index (χ3v) is 7.34. The maximum absolute atomic E-state index is 12.5. The molecule has 0 bridgehead atoms. The van der Waals surface area contributed by atoms with Gasteiger partial charge in [0, 0.05) is 18.7 Å². The summed E-state index contributed by atoms with van der Waals surface area (Å²) in [5, 5.41) is 4.55. The number of amides is 3. The summed E-state index contributed by atoms with van der Waals surface area (Å²) in [6.07, 6.45) is 6.15. The minimum Gasteiger partial charge on any atom is -0.356 e. The van der Waals surface area contributed by atoms with E-state index in [0.717, 1.165) is 55.3 Å². The van der Waals surface area contributed by atoms with Gasteiger partial charge in [-0.3, -0.25) is 4.79 Å². The van der Waals surface area contributed by atoms with Gasteiger partial charge in [-0.15, -0.1) is 0 Å². The zero-order chi connectivity index (χ0) is 18.3. The molecule has 2 aliphatic carbocycles. The molecule has 1 fully saturated rings. The van der Waals surface area contributed by atoms with Gasteiger partial charge in [-0.2, -0.15) is 0 Å². The van der Waals surface area contributed by atoms with Crippen LogP contribution in [0.15, 0.2) is 6.07 Å². The van der Waals surface area contributed by atoms with Gasteiger partial charge in [-0.1, -0.05) is 6.07 Å². The molecule has 0 saturated carbocycles. The van der Waals surface area contributed by atoms with Gasteiger partial charge in [0.25, 0.3) is 0 Å². The minimum absolute atomic E-state index is 0.112. The third-order valence-electron chi connectivity index (χ3n) is 5.59. The van der Waals surface area contributed by atoms with E-state index in [1.807, 2.05) is 0 Å². The number of hydrogen-bond acceptors (Lipinski definition) is 4. The van der Waals surface area contributed by atoms with Crippen molar-refractivity contribution >= 4 is 27.6 Å². The van der Waals surface area contributed by atoms with Crippen LogP contribution >= 0.6 is 0 Å². The van der Waals surface area contributed by atoms with E-state index in [0.29, 0.717) is 13.0 Å². The Bertz CT molecular complexity index is 847. The van der Waals surface area contributed by atoms with Crippen molar-refractivity contribution in [1.82, 2.24) is 10.0 Å². The number of nitrogens with one attached hydrogen (secondary N) is 3. The lowest BCUT2D eigenvalue weighted by Crippen LogP contribution is -2.46. The Balaban J connectivity index is 1.53. The predicted octanol–water partition coefficient (Wildman–Crippen LogP) is 1.39. The normalized spacial score (nSPS) is 21.7. The Morgan fingerprint density at radius 1 is 1.08 bits per heavy atom. The van der Waals surface area contributed by atoms with Gasteiger partial charge in [0.1, 0.15) is 0 Å². The molecule has 3 amide bonds. The number of rotatable bonds is 3. The first kappa shape index (κ1) is 17.3. The molecule has 140 valence electrons. The molecule has 1 unspecified atom stereocenters. The van der Waals surface area contributed by atoms with Crippen molar-refractivity contribution in [3.63, 3.8) is 0 Å². The first-order valence-corrected chi connectivity index (χ1v) is 10.7. The smallest absolute Gasteiger partial charge is 0.332 e. The van der Waals surface area contributed by atoms with Crippen LogP contribution in [0.2, 0.25) is 0 Å². The summed E-state index contributed by atoms with van der Waals surface area (Å²) < 4.78 is 27.0. The predicted molar refractivity (Wildman–Crippen MR) is 97.6 cm³/mol. The number of urea groups is 1. The van der Waals surface area contributed by atoms with Crippen LogP contribution in [0.25, 0.3) is 0 Å². The molecule has 26 heavy (non-hydrogen) atoms. The van der Waals surface area contributed by atoms with Gasteiger partial charge >= 0.3 is 6.03 Å². The molecular weight excluding hydrogens is 354 g/mol. The first-order chi connectivity index (χ1) is 12.4. The van der Waals surface area contributed by atoms with Crippen LogP contribution in [0.1, 0.15) is 47.9 Å². The average molecular weight is 377 g/mol. The standard InChI is InChI=1S/C18H23N3O4S/c22-16-10-13(7-8-19-16)26(24,25)21-18(23)20-17-14-5-1-3-11(14)9-12-4-2-6-15(12)17/h9,13H,1-8,10H2,(H,19,22)(H2,20,21,23). The number of sulfonamides is 1. The Labute approximate surface area is 153 Å². The first-order valence-electron chi connectivity index (χ1n) is 9.20. The van der Waals surface area contributed by atoms with Crippen LogP contribution in [0, 0.1) is 0 Å². The summed E-state index contributed by atoms with van der Waals surface area (Å²) in [5.74, 6) is -0.300. The fraction of sp³-hybridized carbons (Fsp3) is 0.556. The SMILES string of the molecule is O=C1CC(S(=O)(=O)NC(=O)Nc2c3c(cc4c2CCC4)CCC3)CCN1. The van der Waals surface area contributed by atoms with Crippen molar-refractivity contribution < 1.29 is 18.0 Å². The van der Waals surface area contributed by atoms with E-state index < -0.39 is 21.3 Å². The van der Waals surface area contributed by atoms with Crippen LogP contribution < -0.4 is 15.4 Å². The van der Waals surface area contributed by atoms with Crippen LogP contribution in [-0.4, -0.2) is 32.2 Å². The average Bonchev–Trinajstić information content (AvgIpc) is 3.23. The highest BCUT2D eigenvalue weighted by atomic mass is 32.2. The zero-order valence-electron chi connectivity index (χ0n) is 14.6. The van der Waals surface area contributed by atoms with Crippen molar-refractivity contribution in [2.24, 2.45) is 0 Å². The van der Waals surface area contributed by atoms with Crippen molar-refractivity contribution in [2.45, 2.75) is 56.6 Å². The van der Waals surface area contributed by atoms with Gasteiger partial charge in [0.2, 0.25) is 15.9 Å². The van der Waals surface area contributed by atoms with Crippen LogP contribution in [0.5, 0.6) is 0 Å². The number of benzene rings is 1. The monoisotopic (exact) mass is 377 g/mol. The largest absolute Gasteiger partial charge is 0.356 e. The Morgan fingerprint density at radius 3 is 2.35 bits per heavy atom. The van der Waals surface area contributed by atoms with Gasteiger partial charge in [-0.05, 0) is 67.2 Å². The number of piperidine rings is 1. The third kappa shape index (κ3) is 3.18. The Hall–Kier alpha value is -2.09. The molecular formula is C18H23N3O4S. The molecule has 0 radical (unpaired) electrons. The van der Waals surface area contributed by atoms with Crippen LogP contribution in [-0.2, 0) is 40.5 Å². The summed E-state index contributed by atoms with van der Waals surface area (Å²) in [6, 6.07) is 1.52. The van der Waals surface area contributed by atoms with Gasteiger partial charge in [-0.25, -0.2) is 17.9 Å². The van der Waals surface area contributed by atoms with E-state index in [-0.39, 0.29) is 12.3 Å². The lowest BCUT2D eigenvalue weighted by atomic mass is 9.99. The van der Waals surface area contributed by atoms with Crippen LogP contribution in [0.4, 0.5) is 10.5 Å². The number of anilines is 1. The number of carbonyl (C=O) groups excluding carboxylic acids is 2. The van der Waals surface area contributed by atoms with E-state index in [1.54, 1.807) is 0 Å². The van der Waals surface area contributed by atoms with Crippen molar-refractivity contribution in [2.75, 3.05) is 11.9 Å². The molecule has 1 saturated heterocycles. The van der Waals surface area contributed by atoms with Crippen LogP contribution in [0.3, 0.4) is 0 Å². The van der Waals surface area contributed by atoms with Gasteiger partial charge in [0.05, 0.1) is 5.25 Å². The minimum atomic E-state index is -3.89. The molecule has 1 aromatic carbocycles. The van der Waals surface area contributed by atoms with E-state index >= 15 is 0 Å². The number of hydrogen-bond donors (Lipinski definition) is 3. The second-order valence-electron chi connectivity index (χ2n) is 7.30. The van der Waals surface area contributed by atoms with E-state index in [9.17, 15) is 18.0 Å². The van der Waals surface area contributed by atoms with Crippen molar-refractivity contribution in [3.8, 4) is 0 Å². The summed E-state index contributed by atoms with van der Waals surface area (Å²) >= 11 is 0. The maximum Gasteiger partial charge on any atom is 0.332 e. The Morgan fingerprint density at radius 2 is 1.73 bits per heavy atom. The molecule has 1 aromatic rings. The summed E-state index contributed by atoms with van der Waals surface area (Å²) in [6.45, 7) is 0.311. The van der Waals surface area contributed by atoms with Gasteiger partial charge < -0.3 is 10.6 Å². The highest BCUT2D eigenvalue weighted by Crippen LogP contribution is 2.38. The topological polar surface area (TPSA) is 104 Å². The quantitative estimate of drug-likeness (QED) is 0.740. The molecule has 3 aliphatic rings. The molecule has 1 heterocycles. The summed E-state index contributed by atoms with van der Waals surface area (Å²) in [4.78, 5) is 23.9. The molecule has 7 nitrogen and oxygen atoms in total. The molecule has 1 atom stereocenters. The zero-order valence-corrected chi connectivity index (χ0v) is 15.4. The van der Waals surface area contributed by atoms with E-state index in [4.69, 9.17) is 0 Å². The van der Waals surface area contributed by atoms with Gasteiger partial charge in [0.15, 0.2) is 0 Å². The number of fused-ring (bicyclic) bond motifs is 2. The second-order valence-corrected chi connectivity index (χ2v) is 9.26. The summed E-state index contributed by atoms with van der Waals surface area (Å²) in [5.41, 5.74) is 5.65. The fourth-order valence-electron chi connectivity index (χ4n) is 4.34. The van der Waals surface area contributed by atoms with Crippen molar-refractivity contribution in [3.05, 3.63) is 28.3 Å². The second kappa shape index (κ2) is 6.57. The van der Waals surface area contributed by atoms with E-state index in [1.165, 1.54) is 11.1 Å². The van der Waals surface area contributed by atoms with E-state index in [2.05, 4.69) is 21.4 Å². The highest BCUT2D eigenvalue weighted by Gasteiger charge is 2.33. The maximum atomic E-state index is 12.5. The molecule has 0 spiro atoms. The lowest BCUT2D eigenvalue weighted by Gasteiger charge is -2.23. The molecule has 3 N–H and O–H groups in total. The molecule has 0 aromatic heterocycles. The Kier molecular flexibility index (Phi) is 4.38. The van der Waals surface area contributed by atoms with Crippen molar-refractivity contribution in [1.29, 1.82) is 0 Å². The highest BCUT2D eigenvalue weighted by molar-refractivity contribution is 7.90.